The van der Waals surface area contributed by atoms with E-state index in [0.29, 0.717) is 5.78 Å². The first-order valence-corrected chi connectivity index (χ1v) is 6.13. The number of nitrogens with one attached hydrogen (secondary N) is 1. The summed E-state index contributed by atoms with van der Waals surface area (Å²) < 4.78 is 1.52. The van der Waals surface area contributed by atoms with E-state index in [1.165, 1.54) is 4.52 Å². The number of amides is 1. The van der Waals surface area contributed by atoms with E-state index in [9.17, 15) is 4.79 Å². The van der Waals surface area contributed by atoms with Crippen molar-refractivity contribution in [2.75, 3.05) is 6.61 Å². The van der Waals surface area contributed by atoms with Crippen molar-refractivity contribution in [1.29, 1.82) is 0 Å². The predicted octanol–water partition coefficient (Wildman–Crippen LogP) is 0.179. The zero-order chi connectivity index (χ0) is 14.0. The van der Waals surface area contributed by atoms with Crippen LogP contribution in [0.4, 0.5) is 0 Å². The Bertz CT molecular complexity index is 595. The molecule has 1 amide bonds. The van der Waals surface area contributed by atoms with Crippen LogP contribution in [-0.2, 0) is 0 Å². The number of carbonyl (C=O) groups excluding carboxylic acids is 1. The normalized spacial score (nSPS) is 14.3. The molecule has 2 atom stereocenters. The summed E-state index contributed by atoms with van der Waals surface area (Å²) in [5.41, 5.74) is 0.855. The number of hydrogen-bond acceptors (Lipinski definition) is 5. The topological polar surface area (TPSA) is 92.4 Å². The van der Waals surface area contributed by atoms with Crippen LogP contribution in [0.5, 0.6) is 0 Å². The smallest absolute Gasteiger partial charge is 0.291 e. The summed E-state index contributed by atoms with van der Waals surface area (Å²) in [6.07, 6.45) is 1.62. The Morgan fingerprint density at radius 1 is 1.53 bits per heavy atom. The van der Waals surface area contributed by atoms with Crippen molar-refractivity contribution >= 4 is 11.7 Å². The second-order valence-electron chi connectivity index (χ2n) is 4.66. The first-order chi connectivity index (χ1) is 9.02. The highest BCUT2D eigenvalue weighted by atomic mass is 16.3. The number of aliphatic hydroxyl groups excluding tert-OH is 1. The van der Waals surface area contributed by atoms with E-state index in [4.69, 9.17) is 5.11 Å². The molecule has 0 aliphatic carbocycles. The minimum Gasteiger partial charge on any atom is -0.396 e. The molecule has 0 aromatic carbocycles. The lowest BCUT2D eigenvalue weighted by Gasteiger charge is -2.17. The van der Waals surface area contributed by atoms with Crippen LogP contribution < -0.4 is 5.32 Å². The zero-order valence-electron chi connectivity index (χ0n) is 11.2. The molecule has 2 unspecified atom stereocenters. The van der Waals surface area contributed by atoms with E-state index >= 15 is 0 Å². The van der Waals surface area contributed by atoms with Crippen LogP contribution in [0, 0.1) is 12.8 Å². The van der Waals surface area contributed by atoms with Gasteiger partial charge in [0, 0.05) is 24.5 Å². The summed E-state index contributed by atoms with van der Waals surface area (Å²) in [5.74, 6) is 0.0883. The molecule has 2 rings (SSSR count). The van der Waals surface area contributed by atoms with Crippen LogP contribution in [0.2, 0.25) is 0 Å². The van der Waals surface area contributed by atoms with Gasteiger partial charge in [-0.05, 0) is 25.8 Å². The second-order valence-corrected chi connectivity index (χ2v) is 4.66. The van der Waals surface area contributed by atoms with E-state index in [1.54, 1.807) is 12.3 Å². The predicted molar refractivity (Wildman–Crippen MR) is 68.7 cm³/mol. The third-order valence-electron chi connectivity index (χ3n) is 3.13. The van der Waals surface area contributed by atoms with Crippen LogP contribution in [-0.4, -0.2) is 43.2 Å². The highest BCUT2D eigenvalue weighted by Gasteiger charge is 2.19. The lowest BCUT2D eigenvalue weighted by Crippen LogP contribution is -2.38. The lowest BCUT2D eigenvalue weighted by atomic mass is 10.1. The first kappa shape index (κ1) is 13.4. The highest BCUT2D eigenvalue weighted by molar-refractivity contribution is 5.91. The van der Waals surface area contributed by atoms with Crippen LogP contribution >= 0.6 is 0 Å². The van der Waals surface area contributed by atoms with E-state index in [0.717, 1.165) is 5.69 Å². The maximum absolute atomic E-state index is 12.0. The van der Waals surface area contributed by atoms with Gasteiger partial charge in [-0.2, -0.15) is 4.98 Å². The number of aryl methyl sites for hydroxylation is 1. The summed E-state index contributed by atoms with van der Waals surface area (Å²) in [7, 11) is 0. The van der Waals surface area contributed by atoms with E-state index in [2.05, 4.69) is 20.4 Å². The van der Waals surface area contributed by atoms with Crippen LogP contribution in [0.1, 0.15) is 30.2 Å². The first-order valence-electron chi connectivity index (χ1n) is 6.13. The monoisotopic (exact) mass is 263 g/mol. The third kappa shape index (κ3) is 2.70. The van der Waals surface area contributed by atoms with E-state index in [1.807, 2.05) is 20.8 Å². The number of rotatable bonds is 4. The van der Waals surface area contributed by atoms with Crippen LogP contribution in [0.3, 0.4) is 0 Å². The molecule has 0 spiro atoms. The molecule has 2 heterocycles. The molecule has 0 aliphatic heterocycles. The van der Waals surface area contributed by atoms with Gasteiger partial charge in [0.2, 0.25) is 5.82 Å². The summed E-state index contributed by atoms with van der Waals surface area (Å²) in [6, 6.07) is 1.64. The molecule has 0 bridgehead atoms. The van der Waals surface area contributed by atoms with Crippen LogP contribution in [0.15, 0.2) is 12.3 Å². The number of aliphatic hydroxyl groups is 1. The molecule has 2 aromatic rings. The summed E-state index contributed by atoms with van der Waals surface area (Å²) in [5, 5.41) is 15.9. The minimum atomic E-state index is -0.363. The van der Waals surface area contributed by atoms with Gasteiger partial charge in [0.15, 0.2) is 0 Å². The molecular weight excluding hydrogens is 246 g/mol. The average Bonchev–Trinajstić information content (AvgIpc) is 2.83. The molecular formula is C12H17N5O2. The SMILES string of the molecule is Cc1ccnc2nc(C(=O)NC(C)C(C)CO)nn12. The molecule has 2 N–H and O–H groups in total. The van der Waals surface area contributed by atoms with Gasteiger partial charge in [-0.3, -0.25) is 4.79 Å². The van der Waals surface area contributed by atoms with Gasteiger partial charge in [-0.1, -0.05) is 6.92 Å². The number of hydrogen-bond donors (Lipinski definition) is 2. The third-order valence-corrected chi connectivity index (χ3v) is 3.13. The summed E-state index contributed by atoms with van der Waals surface area (Å²) in [6.45, 7) is 5.56. The van der Waals surface area contributed by atoms with Gasteiger partial charge in [-0.15, -0.1) is 5.10 Å². The fraction of sp³-hybridized carbons (Fsp3) is 0.500. The molecule has 102 valence electrons. The molecule has 7 heteroatoms. The molecule has 19 heavy (non-hydrogen) atoms. The lowest BCUT2D eigenvalue weighted by molar-refractivity contribution is 0.0906. The Morgan fingerprint density at radius 3 is 2.89 bits per heavy atom. The Balaban J connectivity index is 2.20. The fourth-order valence-electron chi connectivity index (χ4n) is 1.57. The molecule has 2 aromatic heterocycles. The molecule has 0 fully saturated rings. The molecule has 0 aliphatic rings. The average molecular weight is 263 g/mol. The Morgan fingerprint density at radius 2 is 2.26 bits per heavy atom. The number of carbonyl (C=O) groups is 1. The molecule has 0 saturated heterocycles. The van der Waals surface area contributed by atoms with Gasteiger partial charge in [0.25, 0.3) is 11.7 Å². The van der Waals surface area contributed by atoms with E-state index < -0.39 is 0 Å². The van der Waals surface area contributed by atoms with Crippen molar-refractivity contribution in [3.63, 3.8) is 0 Å². The molecule has 0 radical (unpaired) electrons. The zero-order valence-corrected chi connectivity index (χ0v) is 11.2. The minimum absolute atomic E-state index is 0.0146. The number of nitrogens with zero attached hydrogens (tertiary/aromatic N) is 4. The molecule has 7 nitrogen and oxygen atoms in total. The van der Waals surface area contributed by atoms with Crippen molar-refractivity contribution in [3.05, 3.63) is 23.8 Å². The maximum Gasteiger partial charge on any atom is 0.291 e. The summed E-state index contributed by atoms with van der Waals surface area (Å²) in [4.78, 5) is 20.1. The van der Waals surface area contributed by atoms with Crippen LogP contribution in [0.25, 0.3) is 5.78 Å². The van der Waals surface area contributed by atoms with Gasteiger partial charge in [0.1, 0.15) is 0 Å². The van der Waals surface area contributed by atoms with Crippen molar-refractivity contribution in [2.45, 2.75) is 26.8 Å². The van der Waals surface area contributed by atoms with E-state index in [-0.39, 0.29) is 30.3 Å². The largest absolute Gasteiger partial charge is 0.396 e. The quantitative estimate of drug-likeness (QED) is 0.821. The number of aromatic nitrogens is 4. The number of fused-ring (bicyclic) bond motifs is 1. The highest BCUT2D eigenvalue weighted by Crippen LogP contribution is 2.04. The Labute approximate surface area is 110 Å². The van der Waals surface area contributed by atoms with Gasteiger partial charge < -0.3 is 10.4 Å². The fourth-order valence-corrected chi connectivity index (χ4v) is 1.57. The summed E-state index contributed by atoms with van der Waals surface area (Å²) >= 11 is 0. The van der Waals surface area contributed by atoms with Gasteiger partial charge >= 0.3 is 0 Å². The van der Waals surface area contributed by atoms with Gasteiger partial charge in [0.05, 0.1) is 0 Å². The standard InChI is InChI=1S/C12H17N5O2/c1-7(6-18)9(3)14-11(19)10-15-12-13-5-4-8(2)17(12)16-10/h4-5,7,9,18H,6H2,1-3H3,(H,14,19). The molecule has 0 saturated carbocycles. The van der Waals surface area contributed by atoms with Crippen molar-refractivity contribution < 1.29 is 9.90 Å². The van der Waals surface area contributed by atoms with Gasteiger partial charge in [-0.25, -0.2) is 9.50 Å². The van der Waals surface area contributed by atoms with Crippen molar-refractivity contribution in [1.82, 2.24) is 24.9 Å². The Hall–Kier alpha value is -2.02. The maximum atomic E-state index is 12.0. The van der Waals surface area contributed by atoms with Crippen molar-refractivity contribution in [3.8, 4) is 0 Å². The van der Waals surface area contributed by atoms with Crippen molar-refractivity contribution in [2.24, 2.45) is 5.92 Å². The second kappa shape index (κ2) is 5.31. The Kier molecular flexibility index (Phi) is 3.75.